The fourth-order valence-electron chi connectivity index (χ4n) is 2.52. The van der Waals surface area contributed by atoms with Crippen LogP contribution in [0.25, 0.3) is 0 Å². The second kappa shape index (κ2) is 5.78. The van der Waals surface area contributed by atoms with Crippen molar-refractivity contribution < 1.29 is 13.2 Å². The number of hydrogen-bond acceptors (Lipinski definition) is 4. The Bertz CT molecular complexity index is 825. The molecule has 8 heteroatoms. The summed E-state index contributed by atoms with van der Waals surface area (Å²) in [6.07, 6.45) is 1.73. The smallest absolute Gasteiger partial charge is 0.254 e. The highest BCUT2D eigenvalue weighted by atomic mass is 32.2. The summed E-state index contributed by atoms with van der Waals surface area (Å²) >= 11 is 0. The Labute approximate surface area is 135 Å². The molecule has 0 atom stereocenters. The van der Waals surface area contributed by atoms with Gasteiger partial charge in [0, 0.05) is 32.4 Å². The van der Waals surface area contributed by atoms with E-state index in [9.17, 15) is 13.2 Å². The Morgan fingerprint density at radius 1 is 1.13 bits per heavy atom. The van der Waals surface area contributed by atoms with Crippen LogP contribution in [0.2, 0.25) is 0 Å². The van der Waals surface area contributed by atoms with E-state index in [4.69, 9.17) is 0 Å². The third-order valence-electron chi connectivity index (χ3n) is 3.91. The number of benzene rings is 1. The summed E-state index contributed by atoms with van der Waals surface area (Å²) < 4.78 is 27.1. The van der Waals surface area contributed by atoms with E-state index >= 15 is 0 Å². The number of carbonyl (C=O) groups is 1. The van der Waals surface area contributed by atoms with Crippen LogP contribution in [0.3, 0.4) is 0 Å². The molecule has 1 aliphatic heterocycles. The Morgan fingerprint density at radius 2 is 1.83 bits per heavy atom. The fraction of sp³-hybridized carbons (Fsp3) is 0.333. The van der Waals surface area contributed by atoms with Crippen molar-refractivity contribution in [1.82, 2.24) is 19.0 Å². The molecule has 0 unspecified atom stereocenters. The fourth-order valence-corrected chi connectivity index (χ4v) is 3.42. The molecule has 1 aromatic heterocycles. The molecule has 1 amide bonds. The maximum absolute atomic E-state index is 12.6. The summed E-state index contributed by atoms with van der Waals surface area (Å²) in [5.41, 5.74) is 1.48. The van der Waals surface area contributed by atoms with Gasteiger partial charge in [-0.3, -0.25) is 9.48 Å². The topological polar surface area (TPSA) is 75.5 Å². The lowest BCUT2D eigenvalue weighted by Crippen LogP contribution is -2.38. The van der Waals surface area contributed by atoms with Crippen LogP contribution in [0.4, 0.5) is 0 Å². The van der Waals surface area contributed by atoms with E-state index < -0.39 is 10.0 Å². The molecule has 7 nitrogen and oxygen atoms in total. The van der Waals surface area contributed by atoms with Gasteiger partial charge in [-0.2, -0.15) is 5.10 Å². The minimum absolute atomic E-state index is 0.105. The Balaban J connectivity index is 1.79. The monoisotopic (exact) mass is 334 g/mol. The third kappa shape index (κ3) is 2.87. The Morgan fingerprint density at radius 3 is 2.48 bits per heavy atom. The number of nitrogens with zero attached hydrogens (tertiary/aromatic N) is 4. The van der Waals surface area contributed by atoms with Crippen molar-refractivity contribution in [3.05, 3.63) is 47.8 Å². The number of aromatic nitrogens is 2. The van der Waals surface area contributed by atoms with Crippen LogP contribution in [0.1, 0.15) is 16.1 Å². The molecule has 0 bridgehead atoms. The number of amides is 1. The molecule has 2 aromatic rings. The standard InChI is InChI=1S/C15H18N4O3S/c1-17(2)23(21,22)14-5-3-12(4-6-14)15(20)18-9-10-19-13(11-18)7-8-16-19/h3-8H,9-11H2,1-2H3. The first-order valence-corrected chi connectivity index (χ1v) is 8.66. The van der Waals surface area contributed by atoms with Crippen LogP contribution in [0.5, 0.6) is 0 Å². The van der Waals surface area contributed by atoms with E-state index in [1.807, 2.05) is 10.7 Å². The predicted octanol–water partition coefficient (Wildman–Crippen LogP) is 0.789. The molecule has 0 spiro atoms. The highest BCUT2D eigenvalue weighted by Gasteiger charge is 2.23. The highest BCUT2D eigenvalue weighted by molar-refractivity contribution is 7.89. The molecule has 0 fully saturated rings. The largest absolute Gasteiger partial charge is 0.331 e. The van der Waals surface area contributed by atoms with E-state index in [2.05, 4.69) is 5.10 Å². The summed E-state index contributed by atoms with van der Waals surface area (Å²) in [6.45, 7) is 1.77. The molecule has 1 aromatic carbocycles. The van der Waals surface area contributed by atoms with Crippen molar-refractivity contribution in [3.8, 4) is 0 Å². The highest BCUT2D eigenvalue weighted by Crippen LogP contribution is 2.17. The van der Waals surface area contributed by atoms with Gasteiger partial charge in [0.1, 0.15) is 0 Å². The number of hydrogen-bond donors (Lipinski definition) is 0. The molecule has 3 rings (SSSR count). The third-order valence-corrected chi connectivity index (χ3v) is 5.74. The molecule has 2 heterocycles. The average molecular weight is 334 g/mol. The molecular formula is C15H18N4O3S. The molecule has 122 valence electrons. The van der Waals surface area contributed by atoms with Gasteiger partial charge in [-0.05, 0) is 30.3 Å². The lowest BCUT2D eigenvalue weighted by Gasteiger charge is -2.27. The summed E-state index contributed by atoms with van der Waals surface area (Å²) in [4.78, 5) is 14.5. The van der Waals surface area contributed by atoms with Crippen molar-refractivity contribution in [2.45, 2.75) is 18.0 Å². The maximum Gasteiger partial charge on any atom is 0.254 e. The van der Waals surface area contributed by atoms with Gasteiger partial charge in [-0.15, -0.1) is 0 Å². The summed E-state index contributed by atoms with van der Waals surface area (Å²) in [6, 6.07) is 7.95. The van der Waals surface area contributed by atoms with Gasteiger partial charge in [0.15, 0.2) is 0 Å². The second-order valence-electron chi connectivity index (χ2n) is 5.58. The summed E-state index contributed by atoms with van der Waals surface area (Å²) in [7, 11) is -0.525. The quantitative estimate of drug-likeness (QED) is 0.832. The minimum Gasteiger partial charge on any atom is -0.331 e. The second-order valence-corrected chi connectivity index (χ2v) is 7.74. The first-order chi connectivity index (χ1) is 10.9. The van der Waals surface area contributed by atoms with Crippen LogP contribution in [0, 0.1) is 0 Å². The zero-order valence-corrected chi connectivity index (χ0v) is 13.8. The van der Waals surface area contributed by atoms with E-state index in [-0.39, 0.29) is 10.8 Å². The van der Waals surface area contributed by atoms with Crippen molar-refractivity contribution in [2.75, 3.05) is 20.6 Å². The molecule has 1 aliphatic rings. The van der Waals surface area contributed by atoms with Crippen molar-refractivity contribution >= 4 is 15.9 Å². The Hall–Kier alpha value is -2.19. The maximum atomic E-state index is 12.6. The van der Waals surface area contributed by atoms with E-state index in [0.717, 1.165) is 10.00 Å². The zero-order chi connectivity index (χ0) is 16.6. The van der Waals surface area contributed by atoms with Crippen LogP contribution < -0.4 is 0 Å². The molecule has 0 aliphatic carbocycles. The van der Waals surface area contributed by atoms with Gasteiger partial charge in [0.2, 0.25) is 10.0 Å². The first kappa shape index (κ1) is 15.7. The van der Waals surface area contributed by atoms with Gasteiger partial charge < -0.3 is 4.90 Å². The number of fused-ring (bicyclic) bond motifs is 1. The van der Waals surface area contributed by atoms with Gasteiger partial charge in [-0.1, -0.05) is 0 Å². The molecular weight excluding hydrogens is 316 g/mol. The zero-order valence-electron chi connectivity index (χ0n) is 13.0. The molecule has 0 saturated heterocycles. The van der Waals surface area contributed by atoms with Crippen LogP contribution >= 0.6 is 0 Å². The van der Waals surface area contributed by atoms with Crippen LogP contribution in [0.15, 0.2) is 41.4 Å². The normalized spacial score (nSPS) is 14.8. The predicted molar refractivity (Wildman–Crippen MR) is 84.3 cm³/mol. The number of carbonyl (C=O) groups excluding carboxylic acids is 1. The lowest BCUT2D eigenvalue weighted by atomic mass is 10.2. The van der Waals surface area contributed by atoms with Crippen molar-refractivity contribution in [3.63, 3.8) is 0 Å². The van der Waals surface area contributed by atoms with Gasteiger partial charge in [0.05, 0.1) is 23.7 Å². The molecule has 0 radical (unpaired) electrons. The van der Waals surface area contributed by atoms with Gasteiger partial charge >= 0.3 is 0 Å². The summed E-state index contributed by atoms with van der Waals surface area (Å²) in [5.74, 6) is -0.105. The lowest BCUT2D eigenvalue weighted by molar-refractivity contribution is 0.0706. The van der Waals surface area contributed by atoms with E-state index in [0.29, 0.717) is 25.2 Å². The van der Waals surface area contributed by atoms with E-state index in [1.54, 1.807) is 23.2 Å². The van der Waals surface area contributed by atoms with Crippen molar-refractivity contribution in [1.29, 1.82) is 0 Å². The molecule has 0 saturated carbocycles. The Kier molecular flexibility index (Phi) is 3.95. The van der Waals surface area contributed by atoms with Crippen LogP contribution in [-0.2, 0) is 23.1 Å². The number of sulfonamides is 1. The summed E-state index contributed by atoms with van der Waals surface area (Å²) in [5, 5.41) is 4.19. The van der Waals surface area contributed by atoms with E-state index in [1.165, 1.54) is 26.2 Å². The SMILES string of the molecule is CN(C)S(=O)(=O)c1ccc(C(=O)N2CCn3nccc3C2)cc1. The van der Waals surface area contributed by atoms with Crippen molar-refractivity contribution in [2.24, 2.45) is 0 Å². The molecule has 23 heavy (non-hydrogen) atoms. The first-order valence-electron chi connectivity index (χ1n) is 7.22. The minimum atomic E-state index is -3.48. The van der Waals surface area contributed by atoms with Gasteiger partial charge in [-0.25, -0.2) is 12.7 Å². The number of rotatable bonds is 3. The van der Waals surface area contributed by atoms with Crippen LogP contribution in [-0.4, -0.2) is 54.0 Å². The average Bonchev–Trinajstić information content (AvgIpc) is 3.01. The van der Waals surface area contributed by atoms with Gasteiger partial charge in [0.25, 0.3) is 5.91 Å². The molecule has 0 N–H and O–H groups in total.